The lowest BCUT2D eigenvalue weighted by Gasteiger charge is -2.14. The number of allylic oxidation sites excluding steroid dienone is 3. The molecular formula is C9H15F2N. The Balaban J connectivity index is 3.85. The number of hydrogen-bond donors (Lipinski definition) is 1. The van der Waals surface area contributed by atoms with Crippen molar-refractivity contribution in [1.82, 2.24) is 5.32 Å². The Labute approximate surface area is 72.2 Å². The SMILES string of the molecule is CNCCC(C)(F)C=C/C=C/F. The second kappa shape index (κ2) is 5.89. The van der Waals surface area contributed by atoms with Crippen molar-refractivity contribution in [2.75, 3.05) is 13.6 Å². The topological polar surface area (TPSA) is 12.0 Å². The molecule has 0 aliphatic heterocycles. The van der Waals surface area contributed by atoms with Crippen molar-refractivity contribution >= 4 is 0 Å². The first-order valence-corrected chi connectivity index (χ1v) is 3.90. The highest BCUT2D eigenvalue weighted by molar-refractivity contribution is 5.07. The minimum Gasteiger partial charge on any atom is -0.320 e. The fraction of sp³-hybridized carbons (Fsp3) is 0.556. The van der Waals surface area contributed by atoms with E-state index in [1.54, 1.807) is 7.05 Å². The second-order valence-electron chi connectivity index (χ2n) is 2.81. The van der Waals surface area contributed by atoms with E-state index in [0.717, 1.165) is 6.08 Å². The van der Waals surface area contributed by atoms with E-state index in [-0.39, 0.29) is 0 Å². The summed E-state index contributed by atoms with van der Waals surface area (Å²) < 4.78 is 24.8. The number of hydrogen-bond acceptors (Lipinski definition) is 1. The molecule has 0 saturated heterocycles. The first kappa shape index (κ1) is 11.3. The summed E-state index contributed by atoms with van der Waals surface area (Å²) in [6.45, 7) is 2.07. The van der Waals surface area contributed by atoms with Gasteiger partial charge in [-0.15, -0.1) is 0 Å². The summed E-state index contributed by atoms with van der Waals surface area (Å²) in [5, 5.41) is 2.85. The van der Waals surface area contributed by atoms with Gasteiger partial charge in [-0.05, 0) is 39.1 Å². The van der Waals surface area contributed by atoms with Gasteiger partial charge in [0.2, 0.25) is 0 Å². The summed E-state index contributed by atoms with van der Waals surface area (Å²) in [7, 11) is 1.77. The standard InChI is InChI=1S/C9H15F2N/c1-9(11,6-8-12-2)5-3-4-7-10/h3-5,7,12H,6,8H2,1-2H3/b5-3?,7-4+. The molecule has 1 unspecified atom stereocenters. The Morgan fingerprint density at radius 1 is 1.42 bits per heavy atom. The summed E-state index contributed by atoms with van der Waals surface area (Å²) in [5.41, 5.74) is -1.36. The second-order valence-corrected chi connectivity index (χ2v) is 2.81. The molecule has 3 heteroatoms. The predicted molar refractivity (Wildman–Crippen MR) is 47.4 cm³/mol. The molecule has 0 aliphatic rings. The zero-order valence-corrected chi connectivity index (χ0v) is 7.48. The molecule has 0 aromatic carbocycles. The number of halogens is 2. The molecule has 0 heterocycles. The third-order valence-electron chi connectivity index (χ3n) is 1.49. The zero-order chi connectivity index (χ0) is 9.45. The van der Waals surface area contributed by atoms with Crippen LogP contribution >= 0.6 is 0 Å². The fourth-order valence-corrected chi connectivity index (χ4v) is 0.751. The molecule has 0 saturated carbocycles. The predicted octanol–water partition coefficient (Wildman–Crippen LogP) is 2.36. The number of rotatable bonds is 5. The van der Waals surface area contributed by atoms with E-state index < -0.39 is 5.67 Å². The molecular weight excluding hydrogens is 160 g/mol. The van der Waals surface area contributed by atoms with Gasteiger partial charge in [0.05, 0.1) is 6.33 Å². The van der Waals surface area contributed by atoms with E-state index in [2.05, 4.69) is 5.32 Å². The van der Waals surface area contributed by atoms with Crippen molar-refractivity contribution in [3.05, 3.63) is 24.6 Å². The molecule has 0 rings (SSSR count). The zero-order valence-electron chi connectivity index (χ0n) is 7.48. The van der Waals surface area contributed by atoms with Crippen molar-refractivity contribution in [2.45, 2.75) is 19.0 Å². The third-order valence-corrected chi connectivity index (χ3v) is 1.49. The lowest BCUT2D eigenvalue weighted by molar-refractivity contribution is 0.240. The van der Waals surface area contributed by atoms with Crippen LogP contribution in [-0.2, 0) is 0 Å². The van der Waals surface area contributed by atoms with E-state index in [1.807, 2.05) is 0 Å². The highest BCUT2D eigenvalue weighted by atomic mass is 19.1. The van der Waals surface area contributed by atoms with Crippen molar-refractivity contribution in [3.8, 4) is 0 Å². The maximum Gasteiger partial charge on any atom is 0.127 e. The smallest absolute Gasteiger partial charge is 0.127 e. The van der Waals surface area contributed by atoms with Gasteiger partial charge in [-0.3, -0.25) is 0 Å². The van der Waals surface area contributed by atoms with Crippen LogP contribution in [0.15, 0.2) is 24.6 Å². The first-order valence-electron chi connectivity index (χ1n) is 3.90. The Kier molecular flexibility index (Phi) is 5.54. The monoisotopic (exact) mass is 175 g/mol. The Hall–Kier alpha value is -0.700. The van der Waals surface area contributed by atoms with Gasteiger partial charge in [0, 0.05) is 0 Å². The van der Waals surface area contributed by atoms with E-state index in [4.69, 9.17) is 0 Å². The lowest BCUT2D eigenvalue weighted by atomic mass is 10.0. The van der Waals surface area contributed by atoms with Gasteiger partial charge in [0.15, 0.2) is 0 Å². The van der Waals surface area contributed by atoms with Crippen molar-refractivity contribution in [1.29, 1.82) is 0 Å². The quantitative estimate of drug-likeness (QED) is 0.632. The van der Waals surface area contributed by atoms with Crippen molar-refractivity contribution < 1.29 is 8.78 Å². The largest absolute Gasteiger partial charge is 0.320 e. The summed E-state index contributed by atoms with van der Waals surface area (Å²) in [4.78, 5) is 0. The lowest BCUT2D eigenvalue weighted by Crippen LogP contribution is -2.21. The molecule has 0 aromatic heterocycles. The molecule has 1 nitrogen and oxygen atoms in total. The van der Waals surface area contributed by atoms with Crippen LogP contribution in [0.3, 0.4) is 0 Å². The highest BCUT2D eigenvalue weighted by Gasteiger charge is 2.17. The molecule has 1 atom stereocenters. The van der Waals surface area contributed by atoms with E-state index >= 15 is 0 Å². The third kappa shape index (κ3) is 6.04. The Morgan fingerprint density at radius 3 is 2.58 bits per heavy atom. The molecule has 0 fully saturated rings. The first-order chi connectivity index (χ1) is 5.62. The van der Waals surface area contributed by atoms with Crippen LogP contribution in [-0.4, -0.2) is 19.3 Å². The Morgan fingerprint density at radius 2 is 2.08 bits per heavy atom. The molecule has 0 aliphatic carbocycles. The van der Waals surface area contributed by atoms with Crippen LogP contribution in [0.25, 0.3) is 0 Å². The minimum absolute atomic E-state index is 0.380. The summed E-state index contributed by atoms with van der Waals surface area (Å²) in [5.74, 6) is 0. The molecule has 0 radical (unpaired) electrons. The Bertz CT molecular complexity index is 162. The van der Waals surface area contributed by atoms with E-state index in [0.29, 0.717) is 19.3 Å². The number of alkyl halides is 1. The van der Waals surface area contributed by atoms with Gasteiger partial charge in [0.1, 0.15) is 5.67 Å². The summed E-state index contributed by atoms with van der Waals surface area (Å²) in [6.07, 6.45) is 4.65. The average Bonchev–Trinajstić information content (AvgIpc) is 2.01. The summed E-state index contributed by atoms with van der Waals surface area (Å²) >= 11 is 0. The molecule has 0 amide bonds. The minimum atomic E-state index is -1.36. The van der Waals surface area contributed by atoms with E-state index in [1.165, 1.54) is 19.1 Å². The van der Waals surface area contributed by atoms with Crippen LogP contribution in [0.5, 0.6) is 0 Å². The highest BCUT2D eigenvalue weighted by Crippen LogP contribution is 2.16. The summed E-state index contributed by atoms with van der Waals surface area (Å²) in [6, 6.07) is 0. The molecule has 70 valence electrons. The fourth-order valence-electron chi connectivity index (χ4n) is 0.751. The molecule has 0 bridgehead atoms. The molecule has 0 aromatic rings. The molecule has 12 heavy (non-hydrogen) atoms. The average molecular weight is 175 g/mol. The van der Waals surface area contributed by atoms with Gasteiger partial charge in [-0.25, -0.2) is 8.78 Å². The van der Waals surface area contributed by atoms with E-state index in [9.17, 15) is 8.78 Å². The van der Waals surface area contributed by atoms with Crippen molar-refractivity contribution in [3.63, 3.8) is 0 Å². The normalized spacial score (nSPS) is 17.3. The maximum atomic E-state index is 13.3. The molecule has 1 N–H and O–H groups in total. The van der Waals surface area contributed by atoms with Gasteiger partial charge >= 0.3 is 0 Å². The van der Waals surface area contributed by atoms with Crippen LogP contribution in [0.2, 0.25) is 0 Å². The van der Waals surface area contributed by atoms with Crippen LogP contribution in [0, 0.1) is 0 Å². The van der Waals surface area contributed by atoms with Gasteiger partial charge in [0.25, 0.3) is 0 Å². The van der Waals surface area contributed by atoms with Crippen LogP contribution < -0.4 is 5.32 Å². The number of nitrogens with one attached hydrogen (secondary N) is 1. The maximum absolute atomic E-state index is 13.3. The van der Waals surface area contributed by atoms with Gasteiger partial charge in [-0.2, -0.15) is 0 Å². The van der Waals surface area contributed by atoms with Gasteiger partial charge in [-0.1, -0.05) is 6.08 Å². The molecule has 0 spiro atoms. The van der Waals surface area contributed by atoms with Crippen LogP contribution in [0.4, 0.5) is 8.78 Å². The van der Waals surface area contributed by atoms with Crippen LogP contribution in [0.1, 0.15) is 13.3 Å². The van der Waals surface area contributed by atoms with Gasteiger partial charge < -0.3 is 5.32 Å². The van der Waals surface area contributed by atoms with Crippen molar-refractivity contribution in [2.24, 2.45) is 0 Å².